The Morgan fingerprint density at radius 1 is 0.955 bits per heavy atom. The molecule has 2 nitrogen and oxygen atoms in total. The van der Waals surface area contributed by atoms with Gasteiger partial charge in [0.25, 0.3) is 0 Å². The molecule has 120 valence electrons. The van der Waals surface area contributed by atoms with Crippen molar-refractivity contribution < 1.29 is 4.79 Å². The van der Waals surface area contributed by atoms with Gasteiger partial charge >= 0.3 is 0 Å². The summed E-state index contributed by atoms with van der Waals surface area (Å²) in [7, 11) is 0. The Morgan fingerprint density at radius 2 is 1.64 bits per heavy atom. The van der Waals surface area contributed by atoms with Crippen molar-refractivity contribution in [3.8, 4) is 0 Å². The molecule has 0 unspecified atom stereocenters. The van der Waals surface area contributed by atoms with Gasteiger partial charge in [0.15, 0.2) is 0 Å². The highest BCUT2D eigenvalue weighted by Gasteiger charge is 2.24. The average Bonchev–Trinajstić information content (AvgIpc) is 3.08. The van der Waals surface area contributed by atoms with Crippen LogP contribution in [0.2, 0.25) is 0 Å². The molecule has 2 heteroatoms. The molecule has 0 bridgehead atoms. The summed E-state index contributed by atoms with van der Waals surface area (Å²) >= 11 is 0. The summed E-state index contributed by atoms with van der Waals surface area (Å²) in [6, 6.07) is 10.8. The van der Waals surface area contributed by atoms with Crippen molar-refractivity contribution in [3.63, 3.8) is 0 Å². The van der Waals surface area contributed by atoms with Gasteiger partial charge in [0.2, 0.25) is 5.91 Å². The Hall–Kier alpha value is -1.31. The predicted molar refractivity (Wildman–Crippen MR) is 90.6 cm³/mol. The number of piperidine rings is 1. The summed E-state index contributed by atoms with van der Waals surface area (Å²) in [6.07, 6.45) is 10.9. The first-order valence-electron chi connectivity index (χ1n) is 9.13. The van der Waals surface area contributed by atoms with Crippen molar-refractivity contribution in [2.24, 2.45) is 11.8 Å². The van der Waals surface area contributed by atoms with Gasteiger partial charge < -0.3 is 4.90 Å². The van der Waals surface area contributed by atoms with Crippen molar-refractivity contribution in [2.45, 2.75) is 57.8 Å². The van der Waals surface area contributed by atoms with E-state index in [1.54, 1.807) is 0 Å². The van der Waals surface area contributed by atoms with Crippen LogP contribution in [-0.2, 0) is 11.2 Å². The third-order valence-corrected chi connectivity index (χ3v) is 5.58. The number of amides is 1. The lowest BCUT2D eigenvalue weighted by atomic mass is 9.90. The van der Waals surface area contributed by atoms with Crippen LogP contribution in [0.3, 0.4) is 0 Å². The van der Waals surface area contributed by atoms with Crippen molar-refractivity contribution in [3.05, 3.63) is 35.9 Å². The number of benzene rings is 1. The van der Waals surface area contributed by atoms with Crippen LogP contribution in [0.25, 0.3) is 0 Å². The van der Waals surface area contributed by atoms with Gasteiger partial charge in [-0.25, -0.2) is 0 Å². The fourth-order valence-corrected chi connectivity index (χ4v) is 4.12. The number of hydrogen-bond acceptors (Lipinski definition) is 1. The lowest BCUT2D eigenvalue weighted by Crippen LogP contribution is -2.38. The lowest BCUT2D eigenvalue weighted by Gasteiger charge is -2.32. The normalized spacial score (nSPS) is 20.5. The molecule has 0 aromatic heterocycles. The monoisotopic (exact) mass is 299 g/mol. The van der Waals surface area contributed by atoms with Gasteiger partial charge in [-0.05, 0) is 43.1 Å². The van der Waals surface area contributed by atoms with Gasteiger partial charge in [-0.1, -0.05) is 56.0 Å². The molecule has 2 fully saturated rings. The molecule has 1 saturated heterocycles. The summed E-state index contributed by atoms with van der Waals surface area (Å²) in [4.78, 5) is 14.5. The van der Waals surface area contributed by atoms with Crippen LogP contribution in [0.5, 0.6) is 0 Å². The van der Waals surface area contributed by atoms with Gasteiger partial charge in [0.05, 0.1) is 0 Å². The third-order valence-electron chi connectivity index (χ3n) is 5.58. The zero-order valence-electron chi connectivity index (χ0n) is 13.7. The molecule has 0 radical (unpaired) electrons. The van der Waals surface area contributed by atoms with Crippen LogP contribution in [0.4, 0.5) is 0 Å². The van der Waals surface area contributed by atoms with E-state index in [1.807, 2.05) is 0 Å². The Balaban J connectivity index is 1.38. The van der Waals surface area contributed by atoms with E-state index in [0.29, 0.717) is 5.91 Å². The Kier molecular flexibility index (Phi) is 5.53. The molecule has 0 atom stereocenters. The van der Waals surface area contributed by atoms with E-state index in [-0.39, 0.29) is 0 Å². The molecule has 1 aromatic rings. The Bertz CT molecular complexity index is 456. The van der Waals surface area contributed by atoms with Gasteiger partial charge in [-0.15, -0.1) is 0 Å². The standard InChI is InChI=1S/C20H29NO/c22-20(11-10-17-6-4-5-7-17)21-14-12-19(13-15-21)16-18-8-2-1-3-9-18/h1-3,8-9,17,19H,4-7,10-16H2. The largest absolute Gasteiger partial charge is 0.343 e. The maximum absolute atomic E-state index is 12.3. The van der Waals surface area contributed by atoms with Crippen molar-refractivity contribution >= 4 is 5.91 Å². The summed E-state index contributed by atoms with van der Waals surface area (Å²) in [5.74, 6) is 1.99. The van der Waals surface area contributed by atoms with E-state index in [9.17, 15) is 4.79 Å². The highest BCUT2D eigenvalue weighted by Crippen LogP contribution is 2.29. The molecule has 22 heavy (non-hydrogen) atoms. The van der Waals surface area contributed by atoms with Crippen LogP contribution < -0.4 is 0 Å². The van der Waals surface area contributed by atoms with Crippen LogP contribution in [0.1, 0.15) is 56.9 Å². The van der Waals surface area contributed by atoms with Crippen molar-refractivity contribution in [1.82, 2.24) is 4.90 Å². The first-order valence-corrected chi connectivity index (χ1v) is 9.13. The number of likely N-dealkylation sites (tertiary alicyclic amines) is 1. The van der Waals surface area contributed by atoms with Crippen LogP contribution in [0, 0.1) is 11.8 Å². The second-order valence-corrected chi connectivity index (χ2v) is 7.20. The average molecular weight is 299 g/mol. The topological polar surface area (TPSA) is 20.3 Å². The Morgan fingerprint density at radius 3 is 2.32 bits per heavy atom. The molecule has 1 aromatic carbocycles. The quantitative estimate of drug-likeness (QED) is 0.787. The van der Waals surface area contributed by atoms with Gasteiger partial charge in [0.1, 0.15) is 0 Å². The maximum atomic E-state index is 12.3. The molecule has 1 aliphatic carbocycles. The number of nitrogens with zero attached hydrogens (tertiary/aromatic N) is 1. The fourth-order valence-electron chi connectivity index (χ4n) is 4.12. The van der Waals surface area contributed by atoms with Crippen molar-refractivity contribution in [1.29, 1.82) is 0 Å². The summed E-state index contributed by atoms with van der Waals surface area (Å²) < 4.78 is 0. The second-order valence-electron chi connectivity index (χ2n) is 7.20. The molecule has 3 rings (SSSR count). The molecule has 1 aliphatic heterocycles. The van der Waals surface area contributed by atoms with Crippen molar-refractivity contribution in [2.75, 3.05) is 13.1 Å². The molecule has 2 aliphatic rings. The highest BCUT2D eigenvalue weighted by molar-refractivity contribution is 5.76. The predicted octanol–water partition coefficient (Wildman–Crippen LogP) is 4.44. The SMILES string of the molecule is O=C(CCC1CCCC1)N1CCC(Cc2ccccc2)CC1. The van der Waals surface area contributed by atoms with Gasteiger partial charge in [-0.3, -0.25) is 4.79 Å². The molecular formula is C20H29NO. The first-order chi connectivity index (χ1) is 10.8. The third kappa shape index (κ3) is 4.34. The Labute approximate surface area is 134 Å². The summed E-state index contributed by atoms with van der Waals surface area (Å²) in [5.41, 5.74) is 1.44. The molecule has 1 heterocycles. The lowest BCUT2D eigenvalue weighted by molar-refractivity contribution is -0.132. The first kappa shape index (κ1) is 15.6. The summed E-state index contributed by atoms with van der Waals surface area (Å²) in [6.45, 7) is 1.95. The van der Waals surface area contributed by atoms with E-state index in [2.05, 4.69) is 35.2 Å². The van der Waals surface area contributed by atoms with E-state index in [0.717, 1.165) is 37.8 Å². The van der Waals surface area contributed by atoms with Crippen LogP contribution in [-0.4, -0.2) is 23.9 Å². The fraction of sp³-hybridized carbons (Fsp3) is 0.650. The number of hydrogen-bond donors (Lipinski definition) is 0. The van der Waals surface area contributed by atoms with Crippen LogP contribution >= 0.6 is 0 Å². The number of carbonyl (C=O) groups is 1. The second kappa shape index (κ2) is 7.80. The molecular weight excluding hydrogens is 270 g/mol. The van der Waals surface area contributed by atoms with E-state index in [1.165, 1.54) is 50.5 Å². The van der Waals surface area contributed by atoms with Crippen LogP contribution in [0.15, 0.2) is 30.3 Å². The van der Waals surface area contributed by atoms with E-state index < -0.39 is 0 Å². The van der Waals surface area contributed by atoms with E-state index in [4.69, 9.17) is 0 Å². The van der Waals surface area contributed by atoms with Gasteiger partial charge in [-0.2, -0.15) is 0 Å². The molecule has 1 saturated carbocycles. The zero-order valence-corrected chi connectivity index (χ0v) is 13.7. The molecule has 0 spiro atoms. The number of carbonyl (C=O) groups excluding carboxylic acids is 1. The minimum atomic E-state index is 0.407. The molecule has 0 N–H and O–H groups in total. The minimum absolute atomic E-state index is 0.407. The maximum Gasteiger partial charge on any atom is 0.222 e. The van der Waals surface area contributed by atoms with Gasteiger partial charge in [0, 0.05) is 19.5 Å². The summed E-state index contributed by atoms with van der Waals surface area (Å²) in [5, 5.41) is 0. The molecule has 1 amide bonds. The zero-order chi connectivity index (χ0) is 15.2. The number of rotatable bonds is 5. The highest BCUT2D eigenvalue weighted by atomic mass is 16.2. The smallest absolute Gasteiger partial charge is 0.222 e. The minimum Gasteiger partial charge on any atom is -0.343 e. The van der Waals surface area contributed by atoms with E-state index >= 15 is 0 Å².